The Bertz CT molecular complexity index is 258. The summed E-state index contributed by atoms with van der Waals surface area (Å²) >= 11 is 0. The summed E-state index contributed by atoms with van der Waals surface area (Å²) < 4.78 is 12.9. The molecule has 2 rings (SSSR count). The first-order valence-corrected chi connectivity index (χ1v) is 3.72. The standard InChI is InChI=1S/C8H9FN2/c9-8-6(2-1-4-11-8)7-3-5-10-7/h1-2,4,7,10H,3,5H2/t7-/m0/s1. The van der Waals surface area contributed by atoms with Crippen LogP contribution in [0.3, 0.4) is 0 Å². The minimum absolute atomic E-state index is 0.198. The lowest BCUT2D eigenvalue weighted by Crippen LogP contribution is -2.35. The van der Waals surface area contributed by atoms with E-state index in [1.54, 1.807) is 12.1 Å². The predicted octanol–water partition coefficient (Wildman–Crippen LogP) is 1.26. The van der Waals surface area contributed by atoms with E-state index in [0.717, 1.165) is 13.0 Å². The molecule has 2 heterocycles. The minimum atomic E-state index is -0.343. The molecule has 1 aliphatic heterocycles. The van der Waals surface area contributed by atoms with Gasteiger partial charge in [0.1, 0.15) is 0 Å². The smallest absolute Gasteiger partial charge is 0.217 e. The van der Waals surface area contributed by atoms with E-state index in [9.17, 15) is 4.39 Å². The van der Waals surface area contributed by atoms with Gasteiger partial charge in [-0.2, -0.15) is 4.39 Å². The molecule has 0 unspecified atom stereocenters. The molecule has 2 nitrogen and oxygen atoms in total. The van der Waals surface area contributed by atoms with E-state index in [2.05, 4.69) is 10.3 Å². The first-order chi connectivity index (χ1) is 5.38. The van der Waals surface area contributed by atoms with Crippen LogP contribution in [0.15, 0.2) is 18.3 Å². The Morgan fingerprint density at radius 3 is 3.00 bits per heavy atom. The summed E-state index contributed by atoms with van der Waals surface area (Å²) in [6, 6.07) is 3.74. The number of nitrogens with one attached hydrogen (secondary N) is 1. The van der Waals surface area contributed by atoms with Gasteiger partial charge in [-0.3, -0.25) is 0 Å². The molecule has 0 aromatic carbocycles. The number of nitrogens with zero attached hydrogens (tertiary/aromatic N) is 1. The highest BCUT2D eigenvalue weighted by Crippen LogP contribution is 2.23. The fourth-order valence-corrected chi connectivity index (χ4v) is 1.21. The van der Waals surface area contributed by atoms with E-state index in [-0.39, 0.29) is 12.0 Å². The molecule has 1 aliphatic rings. The number of halogens is 1. The SMILES string of the molecule is Fc1ncccc1[C@@H]1CCN1. The number of rotatable bonds is 1. The summed E-state index contributed by atoms with van der Waals surface area (Å²) in [7, 11) is 0. The topological polar surface area (TPSA) is 24.9 Å². The Labute approximate surface area is 64.5 Å². The molecular formula is C8H9FN2. The van der Waals surface area contributed by atoms with Gasteiger partial charge in [0.25, 0.3) is 0 Å². The van der Waals surface area contributed by atoms with Gasteiger partial charge >= 0.3 is 0 Å². The molecule has 0 amide bonds. The van der Waals surface area contributed by atoms with Crippen LogP contribution >= 0.6 is 0 Å². The van der Waals surface area contributed by atoms with Crippen LogP contribution in [0, 0.1) is 5.95 Å². The second-order valence-electron chi connectivity index (χ2n) is 2.68. The third-order valence-electron chi connectivity index (χ3n) is 1.99. The Hall–Kier alpha value is -0.960. The third kappa shape index (κ3) is 1.12. The normalized spacial score (nSPS) is 22.8. The lowest BCUT2D eigenvalue weighted by molar-refractivity contribution is 0.366. The highest BCUT2D eigenvalue weighted by molar-refractivity contribution is 5.17. The van der Waals surface area contributed by atoms with Gasteiger partial charge in [0.15, 0.2) is 0 Å². The average molecular weight is 152 g/mol. The van der Waals surface area contributed by atoms with E-state index in [4.69, 9.17) is 0 Å². The van der Waals surface area contributed by atoms with Crippen molar-refractivity contribution in [2.24, 2.45) is 0 Å². The molecule has 0 spiro atoms. The summed E-state index contributed by atoms with van der Waals surface area (Å²) in [6.07, 6.45) is 2.49. The monoisotopic (exact) mass is 152 g/mol. The molecule has 0 aliphatic carbocycles. The van der Waals surface area contributed by atoms with E-state index >= 15 is 0 Å². The minimum Gasteiger partial charge on any atom is -0.310 e. The van der Waals surface area contributed by atoms with Gasteiger partial charge in [0.2, 0.25) is 5.95 Å². The Morgan fingerprint density at radius 2 is 2.45 bits per heavy atom. The van der Waals surface area contributed by atoms with Crippen LogP contribution in [0.1, 0.15) is 18.0 Å². The summed E-state index contributed by atoms with van der Waals surface area (Å²) in [5, 5.41) is 3.12. The number of hydrogen-bond donors (Lipinski definition) is 1. The van der Waals surface area contributed by atoms with Gasteiger partial charge in [0, 0.05) is 17.8 Å². The number of aromatic nitrogens is 1. The Morgan fingerprint density at radius 1 is 1.64 bits per heavy atom. The molecule has 11 heavy (non-hydrogen) atoms. The summed E-state index contributed by atoms with van der Waals surface area (Å²) in [6.45, 7) is 0.985. The molecular weight excluding hydrogens is 143 g/mol. The molecule has 1 aromatic heterocycles. The zero-order valence-corrected chi connectivity index (χ0v) is 6.05. The zero-order valence-electron chi connectivity index (χ0n) is 6.05. The lowest BCUT2D eigenvalue weighted by Gasteiger charge is -2.27. The van der Waals surface area contributed by atoms with E-state index < -0.39 is 0 Å². The van der Waals surface area contributed by atoms with Gasteiger partial charge in [-0.25, -0.2) is 4.98 Å². The Kier molecular flexibility index (Phi) is 1.58. The van der Waals surface area contributed by atoms with Crippen molar-refractivity contribution in [3.8, 4) is 0 Å². The maximum Gasteiger partial charge on any atom is 0.217 e. The molecule has 0 radical (unpaired) electrons. The number of hydrogen-bond acceptors (Lipinski definition) is 2. The van der Waals surface area contributed by atoms with Crippen LogP contribution in [0.2, 0.25) is 0 Å². The largest absolute Gasteiger partial charge is 0.310 e. The van der Waals surface area contributed by atoms with Crippen molar-refractivity contribution in [3.63, 3.8) is 0 Å². The molecule has 1 fully saturated rings. The molecule has 58 valence electrons. The third-order valence-corrected chi connectivity index (χ3v) is 1.99. The van der Waals surface area contributed by atoms with Gasteiger partial charge in [0.05, 0.1) is 0 Å². The van der Waals surface area contributed by atoms with Crippen LogP contribution in [0.25, 0.3) is 0 Å². The lowest BCUT2D eigenvalue weighted by atomic mass is 10.00. The van der Waals surface area contributed by atoms with E-state index in [1.165, 1.54) is 6.20 Å². The first kappa shape index (κ1) is 6.73. The summed E-state index contributed by atoms with van der Waals surface area (Å²) in [5.74, 6) is -0.343. The van der Waals surface area contributed by atoms with Crippen LogP contribution < -0.4 is 5.32 Å². The molecule has 1 aromatic rings. The van der Waals surface area contributed by atoms with Gasteiger partial charge in [-0.15, -0.1) is 0 Å². The molecule has 3 heteroatoms. The highest BCUT2D eigenvalue weighted by Gasteiger charge is 2.21. The van der Waals surface area contributed by atoms with E-state index in [0.29, 0.717) is 5.56 Å². The van der Waals surface area contributed by atoms with E-state index in [1.807, 2.05) is 0 Å². The highest BCUT2D eigenvalue weighted by atomic mass is 19.1. The fraction of sp³-hybridized carbons (Fsp3) is 0.375. The van der Waals surface area contributed by atoms with Gasteiger partial charge in [-0.1, -0.05) is 6.07 Å². The predicted molar refractivity (Wildman–Crippen MR) is 39.6 cm³/mol. The van der Waals surface area contributed by atoms with Crippen molar-refractivity contribution in [2.45, 2.75) is 12.5 Å². The second kappa shape index (κ2) is 2.58. The van der Waals surface area contributed by atoms with Gasteiger partial charge in [-0.05, 0) is 19.0 Å². The van der Waals surface area contributed by atoms with Crippen LogP contribution in [-0.2, 0) is 0 Å². The first-order valence-electron chi connectivity index (χ1n) is 3.72. The van der Waals surface area contributed by atoms with Gasteiger partial charge < -0.3 is 5.32 Å². The molecule has 0 bridgehead atoms. The fourth-order valence-electron chi connectivity index (χ4n) is 1.21. The Balaban J connectivity index is 2.28. The van der Waals surface area contributed by atoms with Crippen LogP contribution in [-0.4, -0.2) is 11.5 Å². The van der Waals surface area contributed by atoms with Crippen LogP contribution in [0.4, 0.5) is 4.39 Å². The van der Waals surface area contributed by atoms with Crippen molar-refractivity contribution in [2.75, 3.05) is 6.54 Å². The number of pyridine rings is 1. The van der Waals surface area contributed by atoms with Crippen LogP contribution in [0.5, 0.6) is 0 Å². The molecule has 1 atom stereocenters. The summed E-state index contributed by atoms with van der Waals surface area (Å²) in [5.41, 5.74) is 0.693. The quantitative estimate of drug-likeness (QED) is 0.613. The van der Waals surface area contributed by atoms with Crippen molar-refractivity contribution in [1.82, 2.24) is 10.3 Å². The maximum absolute atomic E-state index is 12.9. The van der Waals surface area contributed by atoms with Crippen molar-refractivity contribution < 1.29 is 4.39 Å². The molecule has 0 saturated carbocycles. The van der Waals surface area contributed by atoms with Crippen molar-refractivity contribution >= 4 is 0 Å². The van der Waals surface area contributed by atoms with Crippen molar-refractivity contribution in [1.29, 1.82) is 0 Å². The molecule has 1 N–H and O–H groups in total. The summed E-state index contributed by atoms with van der Waals surface area (Å²) in [4.78, 5) is 3.58. The van der Waals surface area contributed by atoms with Crippen molar-refractivity contribution in [3.05, 3.63) is 29.8 Å². The second-order valence-corrected chi connectivity index (χ2v) is 2.68. The average Bonchev–Trinajstić information content (AvgIpc) is 1.90. The maximum atomic E-state index is 12.9. The molecule has 1 saturated heterocycles. The zero-order chi connectivity index (χ0) is 7.68.